The number of aromatic nitrogens is 2. The first kappa shape index (κ1) is 12.3. The number of nitrogens with zero attached hydrogens (tertiary/aromatic N) is 2. The molecule has 1 unspecified atom stereocenters. The van der Waals surface area contributed by atoms with E-state index >= 15 is 0 Å². The Labute approximate surface area is 108 Å². The highest BCUT2D eigenvalue weighted by atomic mass is 79.9. The third-order valence-corrected chi connectivity index (χ3v) is 3.31. The van der Waals surface area contributed by atoms with Crippen LogP contribution in [0.4, 0.5) is 4.39 Å². The van der Waals surface area contributed by atoms with Crippen LogP contribution >= 0.6 is 15.9 Å². The SMILES string of the molecule is CNC(c1cnn(C)c1)c1ccc(F)cc1Br. The molecule has 17 heavy (non-hydrogen) atoms. The molecule has 0 spiro atoms. The molecule has 3 nitrogen and oxygen atoms in total. The number of nitrogens with one attached hydrogen (secondary N) is 1. The van der Waals surface area contributed by atoms with Gasteiger partial charge in [0.05, 0.1) is 12.2 Å². The summed E-state index contributed by atoms with van der Waals surface area (Å²) in [7, 11) is 3.74. The summed E-state index contributed by atoms with van der Waals surface area (Å²) < 4.78 is 15.6. The molecular weight excluding hydrogens is 285 g/mol. The predicted octanol–water partition coefficient (Wildman–Crippen LogP) is 2.63. The summed E-state index contributed by atoms with van der Waals surface area (Å²) in [6.45, 7) is 0. The van der Waals surface area contributed by atoms with Crippen LogP contribution in [0.15, 0.2) is 35.1 Å². The summed E-state index contributed by atoms with van der Waals surface area (Å²) in [5.74, 6) is -0.248. The van der Waals surface area contributed by atoms with Crippen LogP contribution in [0, 0.1) is 5.82 Å². The van der Waals surface area contributed by atoms with E-state index < -0.39 is 0 Å². The normalized spacial score (nSPS) is 12.7. The Morgan fingerprint density at radius 1 is 1.47 bits per heavy atom. The summed E-state index contributed by atoms with van der Waals surface area (Å²) in [4.78, 5) is 0. The zero-order chi connectivity index (χ0) is 12.4. The van der Waals surface area contributed by atoms with Gasteiger partial charge < -0.3 is 5.32 Å². The van der Waals surface area contributed by atoms with Gasteiger partial charge in [0.2, 0.25) is 0 Å². The highest BCUT2D eigenvalue weighted by molar-refractivity contribution is 9.10. The first-order valence-electron chi connectivity index (χ1n) is 5.22. The lowest BCUT2D eigenvalue weighted by molar-refractivity contribution is 0.621. The summed E-state index contributed by atoms with van der Waals surface area (Å²) in [6, 6.07) is 4.70. The van der Waals surface area contributed by atoms with E-state index in [1.165, 1.54) is 12.1 Å². The molecule has 0 aliphatic carbocycles. The smallest absolute Gasteiger partial charge is 0.124 e. The first-order valence-corrected chi connectivity index (χ1v) is 6.02. The Morgan fingerprint density at radius 3 is 2.76 bits per heavy atom. The Morgan fingerprint density at radius 2 is 2.24 bits per heavy atom. The molecule has 90 valence electrons. The monoisotopic (exact) mass is 297 g/mol. The van der Waals surface area contributed by atoms with Gasteiger partial charge in [-0.05, 0) is 24.7 Å². The quantitative estimate of drug-likeness (QED) is 0.944. The largest absolute Gasteiger partial charge is 0.309 e. The highest BCUT2D eigenvalue weighted by Gasteiger charge is 2.16. The zero-order valence-electron chi connectivity index (χ0n) is 9.61. The van der Waals surface area contributed by atoms with E-state index in [1.54, 1.807) is 16.9 Å². The summed E-state index contributed by atoms with van der Waals surface area (Å²) in [5.41, 5.74) is 2.03. The Bertz CT molecular complexity index is 524. The molecule has 1 aromatic heterocycles. The lowest BCUT2D eigenvalue weighted by Gasteiger charge is -2.16. The average molecular weight is 298 g/mol. The van der Waals surface area contributed by atoms with Crippen molar-refractivity contribution in [3.05, 3.63) is 52.0 Å². The number of benzene rings is 1. The van der Waals surface area contributed by atoms with Gasteiger partial charge in [-0.25, -0.2) is 4.39 Å². The van der Waals surface area contributed by atoms with Crippen LogP contribution < -0.4 is 5.32 Å². The molecule has 0 saturated carbocycles. The number of rotatable bonds is 3. The van der Waals surface area contributed by atoms with Gasteiger partial charge in [-0.2, -0.15) is 5.10 Å². The Kier molecular flexibility index (Phi) is 3.59. The van der Waals surface area contributed by atoms with Crippen molar-refractivity contribution in [1.82, 2.24) is 15.1 Å². The van der Waals surface area contributed by atoms with Crippen LogP contribution in [0.3, 0.4) is 0 Å². The van der Waals surface area contributed by atoms with Crippen LogP contribution in [0.2, 0.25) is 0 Å². The van der Waals surface area contributed by atoms with Crippen LogP contribution in [0.1, 0.15) is 17.2 Å². The van der Waals surface area contributed by atoms with Gasteiger partial charge in [0.15, 0.2) is 0 Å². The van der Waals surface area contributed by atoms with Gasteiger partial charge in [0.25, 0.3) is 0 Å². The van der Waals surface area contributed by atoms with Gasteiger partial charge in [0, 0.05) is 23.3 Å². The van der Waals surface area contributed by atoms with Crippen LogP contribution in [0.25, 0.3) is 0 Å². The van der Waals surface area contributed by atoms with Crippen LogP contribution in [0.5, 0.6) is 0 Å². The molecule has 1 N–H and O–H groups in total. The molecule has 0 fully saturated rings. The minimum Gasteiger partial charge on any atom is -0.309 e. The van der Waals surface area contributed by atoms with Gasteiger partial charge in [-0.15, -0.1) is 0 Å². The molecule has 0 bridgehead atoms. The summed E-state index contributed by atoms with van der Waals surface area (Å²) in [5, 5.41) is 7.35. The first-order chi connectivity index (χ1) is 8.11. The number of halogens is 2. The van der Waals surface area contributed by atoms with E-state index in [-0.39, 0.29) is 11.9 Å². The van der Waals surface area contributed by atoms with Crippen molar-refractivity contribution in [3.63, 3.8) is 0 Å². The molecule has 1 atom stereocenters. The van der Waals surface area contributed by atoms with Gasteiger partial charge in [0.1, 0.15) is 5.82 Å². The fourth-order valence-corrected chi connectivity index (χ4v) is 2.41. The van der Waals surface area contributed by atoms with E-state index in [0.29, 0.717) is 0 Å². The van der Waals surface area contributed by atoms with E-state index in [1.807, 2.05) is 20.3 Å². The second-order valence-corrected chi connectivity index (χ2v) is 4.69. The molecule has 0 saturated heterocycles. The highest BCUT2D eigenvalue weighted by Crippen LogP contribution is 2.28. The van der Waals surface area contributed by atoms with Crippen molar-refractivity contribution in [2.24, 2.45) is 7.05 Å². The van der Waals surface area contributed by atoms with Crippen LogP contribution in [-0.2, 0) is 7.05 Å². The van der Waals surface area contributed by atoms with Crippen molar-refractivity contribution < 1.29 is 4.39 Å². The Balaban J connectivity index is 2.42. The molecular formula is C12H13BrFN3. The maximum Gasteiger partial charge on any atom is 0.124 e. The van der Waals surface area contributed by atoms with Crippen molar-refractivity contribution in [2.75, 3.05) is 7.05 Å². The molecule has 0 radical (unpaired) electrons. The predicted molar refractivity (Wildman–Crippen MR) is 68.2 cm³/mol. The molecule has 0 amide bonds. The molecule has 1 aromatic carbocycles. The maximum absolute atomic E-state index is 13.1. The number of hydrogen-bond acceptors (Lipinski definition) is 2. The van der Waals surface area contributed by atoms with E-state index in [9.17, 15) is 4.39 Å². The summed E-state index contributed by atoms with van der Waals surface area (Å²) >= 11 is 3.39. The lowest BCUT2D eigenvalue weighted by Crippen LogP contribution is -2.17. The van der Waals surface area contributed by atoms with E-state index in [2.05, 4.69) is 26.3 Å². The third-order valence-electron chi connectivity index (χ3n) is 2.62. The topological polar surface area (TPSA) is 29.9 Å². The number of aryl methyl sites for hydroxylation is 1. The van der Waals surface area contributed by atoms with Gasteiger partial charge in [-0.3, -0.25) is 4.68 Å². The Hall–Kier alpha value is -1.20. The minimum atomic E-state index is -0.248. The van der Waals surface area contributed by atoms with Crippen molar-refractivity contribution in [3.8, 4) is 0 Å². The minimum absolute atomic E-state index is 0.00123. The van der Waals surface area contributed by atoms with Gasteiger partial charge >= 0.3 is 0 Å². The second-order valence-electron chi connectivity index (χ2n) is 3.83. The van der Waals surface area contributed by atoms with Crippen molar-refractivity contribution in [2.45, 2.75) is 6.04 Å². The lowest BCUT2D eigenvalue weighted by atomic mass is 10.0. The van der Waals surface area contributed by atoms with E-state index in [0.717, 1.165) is 15.6 Å². The van der Waals surface area contributed by atoms with Crippen molar-refractivity contribution in [1.29, 1.82) is 0 Å². The third kappa shape index (κ3) is 2.56. The second kappa shape index (κ2) is 4.98. The molecule has 0 aliphatic heterocycles. The molecule has 1 heterocycles. The molecule has 5 heteroatoms. The maximum atomic E-state index is 13.1. The number of hydrogen-bond donors (Lipinski definition) is 1. The van der Waals surface area contributed by atoms with Crippen LogP contribution in [-0.4, -0.2) is 16.8 Å². The van der Waals surface area contributed by atoms with E-state index in [4.69, 9.17) is 0 Å². The molecule has 2 rings (SSSR count). The molecule has 0 aliphatic rings. The summed E-state index contributed by atoms with van der Waals surface area (Å²) in [6.07, 6.45) is 3.74. The van der Waals surface area contributed by atoms with Gasteiger partial charge in [-0.1, -0.05) is 22.0 Å². The zero-order valence-corrected chi connectivity index (χ0v) is 11.2. The fraction of sp³-hybridized carbons (Fsp3) is 0.250. The van der Waals surface area contributed by atoms with Crippen molar-refractivity contribution >= 4 is 15.9 Å². The standard InChI is InChI=1S/C12H13BrFN3/c1-15-12(8-6-16-17(2)7-8)10-4-3-9(14)5-11(10)13/h3-7,12,15H,1-2H3. The average Bonchev–Trinajstić information content (AvgIpc) is 2.69. The molecule has 2 aromatic rings. The fourth-order valence-electron chi connectivity index (χ4n) is 1.83.